The standard InChI is InChI=1S/C25H17N3.C20H15BN2O2.C5H4BrN/c1-2-8-19(9-3-1)24-25(28-23-12-5-4-11-22(23)27-24)20-15-13-18(14-16-20)21-10-6-7-17-26-21;24-21(25)16-12-10-15(11-13-16)20-19(14-6-2-1-3-7-14)22-17-8-4-5-9-18(17)23-20;6-5-3-1-2-4-7-5/h1-17H;1-13,24-25H;1-4H. The number of hydrogen-bond donors (Lipinski definition) is 2. The van der Waals surface area contributed by atoms with Gasteiger partial charge in [-0.05, 0) is 69.9 Å². The maximum absolute atomic E-state index is 9.29. The topological polar surface area (TPSA) is 118 Å². The van der Waals surface area contributed by atoms with Gasteiger partial charge in [0.15, 0.2) is 0 Å². The maximum Gasteiger partial charge on any atom is 0.488 e. The molecule has 0 aliphatic carbocycles. The van der Waals surface area contributed by atoms with Crippen molar-refractivity contribution in [3.63, 3.8) is 0 Å². The SMILES string of the molecule is Brc1ccccn1.OB(O)c1ccc(-c2nc3ccccc3nc2-c2ccccc2)cc1.c1ccc(-c2nc3ccccc3nc2-c2ccc(-c3ccccn3)cc2)cc1. The summed E-state index contributed by atoms with van der Waals surface area (Å²) in [6.07, 6.45) is 3.55. The first-order chi connectivity index (χ1) is 29.5. The number of nitrogens with zero attached hydrogens (tertiary/aromatic N) is 6. The molecule has 10 rings (SSSR count). The van der Waals surface area contributed by atoms with E-state index in [9.17, 15) is 10.0 Å². The first-order valence-electron chi connectivity index (χ1n) is 19.2. The van der Waals surface area contributed by atoms with Gasteiger partial charge in [0.1, 0.15) is 4.60 Å². The quantitative estimate of drug-likeness (QED) is 0.126. The highest BCUT2D eigenvalue weighted by atomic mass is 79.9. The molecular formula is C50H36BBrN6O2. The lowest BCUT2D eigenvalue weighted by atomic mass is 9.80. The van der Waals surface area contributed by atoms with Crippen molar-refractivity contribution in [2.75, 3.05) is 0 Å². The first kappa shape index (κ1) is 39.6. The van der Waals surface area contributed by atoms with E-state index in [2.05, 4.69) is 62.3 Å². The molecule has 0 saturated carbocycles. The smallest absolute Gasteiger partial charge is 0.423 e. The van der Waals surface area contributed by atoms with Crippen molar-refractivity contribution in [2.45, 2.75) is 0 Å². The minimum atomic E-state index is -1.48. The van der Waals surface area contributed by atoms with E-state index >= 15 is 0 Å². The second kappa shape index (κ2) is 19.0. The lowest BCUT2D eigenvalue weighted by molar-refractivity contribution is 0.426. The summed E-state index contributed by atoms with van der Waals surface area (Å²) in [5.74, 6) is 0. The van der Waals surface area contributed by atoms with Gasteiger partial charge < -0.3 is 10.0 Å². The minimum Gasteiger partial charge on any atom is -0.423 e. The van der Waals surface area contributed by atoms with E-state index in [1.807, 2.05) is 152 Å². The van der Waals surface area contributed by atoms with E-state index in [1.54, 1.807) is 18.3 Å². The van der Waals surface area contributed by atoms with Crippen molar-refractivity contribution in [3.05, 3.63) is 211 Å². The molecular weight excluding hydrogens is 807 g/mol. The van der Waals surface area contributed by atoms with Crippen LogP contribution in [0.5, 0.6) is 0 Å². The van der Waals surface area contributed by atoms with E-state index in [0.717, 1.165) is 83.0 Å². The van der Waals surface area contributed by atoms with E-state index in [0.29, 0.717) is 5.46 Å². The van der Waals surface area contributed by atoms with Gasteiger partial charge in [-0.2, -0.15) is 0 Å². The second-order valence-electron chi connectivity index (χ2n) is 13.5. The van der Waals surface area contributed by atoms with Crippen LogP contribution in [-0.2, 0) is 0 Å². The highest BCUT2D eigenvalue weighted by Gasteiger charge is 2.16. The van der Waals surface area contributed by atoms with Gasteiger partial charge in [-0.15, -0.1) is 0 Å². The average molecular weight is 844 g/mol. The van der Waals surface area contributed by atoms with E-state index in [1.165, 1.54) is 0 Å². The van der Waals surface area contributed by atoms with Crippen LogP contribution < -0.4 is 5.46 Å². The predicted molar refractivity (Wildman–Crippen MR) is 246 cm³/mol. The molecule has 60 heavy (non-hydrogen) atoms. The van der Waals surface area contributed by atoms with Gasteiger partial charge in [-0.1, -0.05) is 146 Å². The zero-order valence-corrected chi connectivity index (χ0v) is 33.7. The summed E-state index contributed by atoms with van der Waals surface area (Å²) in [5.41, 5.74) is 13.3. The van der Waals surface area contributed by atoms with Gasteiger partial charge >= 0.3 is 7.12 Å². The van der Waals surface area contributed by atoms with Crippen LogP contribution in [-0.4, -0.2) is 47.1 Å². The lowest BCUT2D eigenvalue weighted by Gasteiger charge is -2.11. The van der Waals surface area contributed by atoms with E-state index in [4.69, 9.17) is 19.9 Å². The Bertz CT molecular complexity index is 2950. The Kier molecular flexibility index (Phi) is 12.5. The van der Waals surface area contributed by atoms with E-state index < -0.39 is 7.12 Å². The van der Waals surface area contributed by atoms with Crippen molar-refractivity contribution in [3.8, 4) is 56.3 Å². The molecule has 0 aliphatic rings. The zero-order valence-electron chi connectivity index (χ0n) is 32.2. The molecule has 2 N–H and O–H groups in total. The Hall–Kier alpha value is -7.24. The van der Waals surface area contributed by atoms with Crippen LogP contribution in [0.1, 0.15) is 0 Å². The number of pyridine rings is 2. The second-order valence-corrected chi connectivity index (χ2v) is 14.3. The van der Waals surface area contributed by atoms with Crippen LogP contribution in [0, 0.1) is 0 Å². The molecule has 0 unspecified atom stereocenters. The van der Waals surface area contributed by atoms with Gasteiger partial charge in [-0.3, -0.25) is 4.98 Å². The summed E-state index contributed by atoms with van der Waals surface area (Å²) in [4.78, 5) is 27.8. The Morgan fingerprint density at radius 2 is 0.683 bits per heavy atom. The van der Waals surface area contributed by atoms with Crippen LogP contribution in [0.25, 0.3) is 78.4 Å². The molecule has 8 nitrogen and oxygen atoms in total. The Morgan fingerprint density at radius 3 is 1.03 bits per heavy atom. The molecule has 4 heterocycles. The molecule has 0 radical (unpaired) electrons. The predicted octanol–water partition coefficient (Wildman–Crippen LogP) is 10.5. The Labute approximate surface area is 356 Å². The molecule has 0 amide bonds. The summed E-state index contributed by atoms with van der Waals surface area (Å²) >= 11 is 3.20. The van der Waals surface area contributed by atoms with Gasteiger partial charge in [0.05, 0.1) is 50.5 Å². The largest absolute Gasteiger partial charge is 0.488 e. The van der Waals surface area contributed by atoms with Crippen molar-refractivity contribution in [1.82, 2.24) is 29.9 Å². The van der Waals surface area contributed by atoms with Gasteiger partial charge in [0.25, 0.3) is 0 Å². The highest BCUT2D eigenvalue weighted by molar-refractivity contribution is 9.10. The average Bonchev–Trinajstić information content (AvgIpc) is 3.32. The van der Waals surface area contributed by atoms with Gasteiger partial charge in [0.2, 0.25) is 0 Å². The van der Waals surface area contributed by atoms with Crippen LogP contribution in [0.15, 0.2) is 211 Å². The van der Waals surface area contributed by atoms with Crippen LogP contribution in [0.4, 0.5) is 0 Å². The van der Waals surface area contributed by atoms with Crippen LogP contribution >= 0.6 is 15.9 Å². The van der Waals surface area contributed by atoms with E-state index in [-0.39, 0.29) is 0 Å². The number of hydrogen-bond acceptors (Lipinski definition) is 8. The van der Waals surface area contributed by atoms with Crippen LogP contribution in [0.3, 0.4) is 0 Å². The monoisotopic (exact) mass is 842 g/mol. The van der Waals surface area contributed by atoms with Gasteiger partial charge in [-0.25, -0.2) is 24.9 Å². The third-order valence-electron chi connectivity index (χ3n) is 9.47. The lowest BCUT2D eigenvalue weighted by Crippen LogP contribution is -2.29. The third-order valence-corrected chi connectivity index (χ3v) is 9.93. The van der Waals surface area contributed by atoms with Crippen molar-refractivity contribution >= 4 is 50.6 Å². The number of fused-ring (bicyclic) bond motifs is 2. The number of halogens is 1. The van der Waals surface area contributed by atoms with Crippen LogP contribution in [0.2, 0.25) is 0 Å². The summed E-state index contributed by atoms with van der Waals surface area (Å²) in [7, 11) is -1.48. The zero-order chi connectivity index (χ0) is 41.1. The molecule has 288 valence electrons. The molecule has 6 aromatic carbocycles. The molecule has 0 bridgehead atoms. The summed E-state index contributed by atoms with van der Waals surface area (Å²) < 4.78 is 0.884. The Balaban J connectivity index is 0.000000144. The minimum absolute atomic E-state index is 0.443. The summed E-state index contributed by atoms with van der Waals surface area (Å²) in [6, 6.07) is 62.9. The first-order valence-corrected chi connectivity index (χ1v) is 20.0. The molecule has 0 spiro atoms. The number of para-hydroxylation sites is 4. The summed E-state index contributed by atoms with van der Waals surface area (Å²) in [6.45, 7) is 0. The molecule has 0 saturated heterocycles. The fourth-order valence-electron chi connectivity index (χ4n) is 6.48. The molecule has 0 fully saturated rings. The van der Waals surface area contributed by atoms with Crippen molar-refractivity contribution in [1.29, 1.82) is 0 Å². The molecule has 10 aromatic rings. The molecule has 4 aromatic heterocycles. The Morgan fingerprint density at radius 1 is 0.333 bits per heavy atom. The highest BCUT2D eigenvalue weighted by Crippen LogP contribution is 2.33. The number of benzene rings is 6. The van der Waals surface area contributed by atoms with Gasteiger partial charge in [0, 0.05) is 40.2 Å². The summed E-state index contributed by atoms with van der Waals surface area (Å²) in [5, 5.41) is 18.6. The molecule has 0 aliphatic heterocycles. The van der Waals surface area contributed by atoms with Crippen molar-refractivity contribution in [2.24, 2.45) is 0 Å². The maximum atomic E-state index is 9.29. The molecule has 10 heteroatoms. The third kappa shape index (κ3) is 9.55. The fourth-order valence-corrected chi connectivity index (χ4v) is 6.76. The van der Waals surface area contributed by atoms with Crippen molar-refractivity contribution < 1.29 is 10.0 Å². The molecule has 0 atom stereocenters. The number of rotatable bonds is 6. The fraction of sp³-hybridized carbons (Fsp3) is 0. The number of aromatic nitrogens is 6. The normalized spacial score (nSPS) is 10.6.